The summed E-state index contributed by atoms with van der Waals surface area (Å²) in [6, 6.07) is 4.02. The summed E-state index contributed by atoms with van der Waals surface area (Å²) in [6.07, 6.45) is -0.0790. The van der Waals surface area contributed by atoms with Gasteiger partial charge in [0.2, 0.25) is 5.91 Å². The number of hydrogen-bond donors (Lipinski definition) is 3. The number of aliphatic hydroxyl groups excluding tert-OH is 1. The van der Waals surface area contributed by atoms with Crippen LogP contribution in [0.3, 0.4) is 0 Å². The van der Waals surface area contributed by atoms with Gasteiger partial charge in [0.15, 0.2) is 6.29 Å². The van der Waals surface area contributed by atoms with Gasteiger partial charge in [0.1, 0.15) is 5.75 Å². The zero-order chi connectivity index (χ0) is 13.8. The predicted octanol–water partition coefficient (Wildman–Crippen LogP) is -0.377. The molecule has 2 atom stereocenters. The Hall–Kier alpha value is -1.92. The minimum Gasteiger partial charge on any atom is -0.507 e. The van der Waals surface area contributed by atoms with Crippen LogP contribution >= 0.6 is 0 Å². The van der Waals surface area contributed by atoms with Crippen LogP contribution in [0, 0.1) is 0 Å². The number of nitrogens with one attached hydrogen (secondary N) is 1. The summed E-state index contributed by atoms with van der Waals surface area (Å²) >= 11 is 0. The van der Waals surface area contributed by atoms with Crippen LogP contribution in [0.25, 0.3) is 0 Å². The fourth-order valence-electron chi connectivity index (χ4n) is 1.93. The third-order valence-corrected chi connectivity index (χ3v) is 2.98. The highest BCUT2D eigenvalue weighted by Gasteiger charge is 2.27. The first-order valence-corrected chi connectivity index (χ1v) is 5.92. The molecule has 0 bridgehead atoms. The first-order valence-electron chi connectivity index (χ1n) is 5.92. The van der Waals surface area contributed by atoms with E-state index in [1.165, 1.54) is 12.1 Å². The molecule has 102 valence electrons. The van der Waals surface area contributed by atoms with Gasteiger partial charge >= 0.3 is 0 Å². The van der Waals surface area contributed by atoms with E-state index < -0.39 is 12.1 Å². The molecule has 6 heteroatoms. The van der Waals surface area contributed by atoms with Crippen molar-refractivity contribution >= 4 is 12.2 Å². The summed E-state index contributed by atoms with van der Waals surface area (Å²) in [5.41, 5.74) is 0.764. The molecule has 1 saturated heterocycles. The highest BCUT2D eigenvalue weighted by Crippen LogP contribution is 2.16. The zero-order valence-electron chi connectivity index (χ0n) is 10.2. The van der Waals surface area contributed by atoms with E-state index in [0.717, 1.165) is 0 Å². The molecule has 2 rings (SSSR count). The second-order valence-corrected chi connectivity index (χ2v) is 4.47. The Morgan fingerprint density at radius 2 is 2.26 bits per heavy atom. The number of aldehydes is 1. The summed E-state index contributed by atoms with van der Waals surface area (Å²) in [5.74, 6) is -0.379. The van der Waals surface area contributed by atoms with Gasteiger partial charge in [-0.25, -0.2) is 0 Å². The fraction of sp³-hybridized carbons (Fsp3) is 0.385. The van der Waals surface area contributed by atoms with Crippen LogP contribution in [0.4, 0.5) is 0 Å². The highest BCUT2D eigenvalue weighted by molar-refractivity contribution is 5.82. The first kappa shape index (κ1) is 13.5. The van der Waals surface area contributed by atoms with Gasteiger partial charge in [-0.15, -0.1) is 0 Å². The molecular formula is C13H15NO5. The van der Waals surface area contributed by atoms with Gasteiger partial charge in [-0.1, -0.05) is 6.07 Å². The van der Waals surface area contributed by atoms with Crippen LogP contribution in [0.5, 0.6) is 5.75 Å². The maximum Gasteiger partial charge on any atom is 0.224 e. The first-order chi connectivity index (χ1) is 9.10. The van der Waals surface area contributed by atoms with Crippen molar-refractivity contribution in [2.75, 3.05) is 13.2 Å². The summed E-state index contributed by atoms with van der Waals surface area (Å²) in [4.78, 5) is 22.4. The standard InChI is InChI=1S/C13H15NO5/c15-5-9-3-8(1-2-11(9)16)4-13(18)14-10-6-19-7-12(10)17/h1-3,5,10,12,16-17H,4,6-7H2,(H,14,18)/t10-,12-/m0/s1. The van der Waals surface area contributed by atoms with Crippen LogP contribution in [0.1, 0.15) is 15.9 Å². The van der Waals surface area contributed by atoms with Crippen molar-refractivity contribution in [2.45, 2.75) is 18.6 Å². The molecule has 0 aromatic heterocycles. The van der Waals surface area contributed by atoms with E-state index in [1.807, 2.05) is 0 Å². The number of hydrogen-bond acceptors (Lipinski definition) is 5. The van der Waals surface area contributed by atoms with E-state index >= 15 is 0 Å². The number of benzene rings is 1. The van der Waals surface area contributed by atoms with Crippen molar-refractivity contribution in [1.82, 2.24) is 5.32 Å². The molecule has 0 radical (unpaired) electrons. The second-order valence-electron chi connectivity index (χ2n) is 4.47. The Morgan fingerprint density at radius 1 is 1.47 bits per heavy atom. The third kappa shape index (κ3) is 3.30. The molecule has 1 heterocycles. The summed E-state index contributed by atoms with van der Waals surface area (Å²) in [5, 5.41) is 21.5. The van der Waals surface area contributed by atoms with Crippen LogP contribution in [0.15, 0.2) is 18.2 Å². The number of phenols is 1. The van der Waals surface area contributed by atoms with E-state index in [4.69, 9.17) is 4.74 Å². The SMILES string of the molecule is O=Cc1cc(CC(=O)N[C@H]2COC[C@@H]2O)ccc1O. The Morgan fingerprint density at radius 3 is 2.89 bits per heavy atom. The van der Waals surface area contributed by atoms with E-state index in [9.17, 15) is 19.8 Å². The van der Waals surface area contributed by atoms with E-state index in [1.54, 1.807) is 6.07 Å². The lowest BCUT2D eigenvalue weighted by molar-refractivity contribution is -0.121. The molecule has 1 aliphatic rings. The Kier molecular flexibility index (Phi) is 4.13. The van der Waals surface area contributed by atoms with Crippen molar-refractivity contribution < 1.29 is 24.5 Å². The van der Waals surface area contributed by atoms with Crippen LogP contribution < -0.4 is 5.32 Å². The minimum atomic E-state index is -0.686. The predicted molar refractivity (Wildman–Crippen MR) is 66.0 cm³/mol. The molecule has 3 N–H and O–H groups in total. The van der Waals surface area contributed by atoms with Gasteiger partial charge < -0.3 is 20.3 Å². The molecule has 0 spiro atoms. The van der Waals surface area contributed by atoms with Crippen molar-refractivity contribution in [1.29, 1.82) is 0 Å². The number of carbonyl (C=O) groups is 2. The van der Waals surface area contributed by atoms with Gasteiger partial charge in [-0.05, 0) is 17.7 Å². The molecule has 0 unspecified atom stereocenters. The molecule has 1 fully saturated rings. The van der Waals surface area contributed by atoms with E-state index in [0.29, 0.717) is 18.5 Å². The summed E-state index contributed by atoms with van der Waals surface area (Å²) < 4.78 is 5.03. The van der Waals surface area contributed by atoms with Crippen LogP contribution in [0.2, 0.25) is 0 Å². The number of amides is 1. The number of aliphatic hydroxyl groups is 1. The van der Waals surface area contributed by atoms with Crippen molar-refractivity contribution in [3.63, 3.8) is 0 Å². The van der Waals surface area contributed by atoms with Gasteiger partial charge in [-0.3, -0.25) is 9.59 Å². The monoisotopic (exact) mass is 265 g/mol. The molecule has 1 aromatic carbocycles. The fourth-order valence-corrected chi connectivity index (χ4v) is 1.93. The van der Waals surface area contributed by atoms with Crippen molar-refractivity contribution in [3.8, 4) is 5.75 Å². The van der Waals surface area contributed by atoms with E-state index in [-0.39, 0.29) is 30.2 Å². The second kappa shape index (κ2) is 5.81. The van der Waals surface area contributed by atoms with Gasteiger partial charge in [0.05, 0.1) is 37.3 Å². The average Bonchev–Trinajstić information content (AvgIpc) is 2.77. The number of ether oxygens (including phenoxy) is 1. The van der Waals surface area contributed by atoms with Crippen LogP contribution in [-0.4, -0.2) is 47.8 Å². The van der Waals surface area contributed by atoms with Gasteiger partial charge in [-0.2, -0.15) is 0 Å². The lowest BCUT2D eigenvalue weighted by Gasteiger charge is -2.14. The Bertz CT molecular complexity index is 488. The third-order valence-electron chi connectivity index (χ3n) is 2.98. The average molecular weight is 265 g/mol. The molecule has 1 aromatic rings. The number of carbonyl (C=O) groups excluding carboxylic acids is 2. The summed E-state index contributed by atoms with van der Waals surface area (Å²) in [7, 11) is 0. The van der Waals surface area contributed by atoms with Crippen molar-refractivity contribution in [3.05, 3.63) is 29.3 Å². The highest BCUT2D eigenvalue weighted by atomic mass is 16.5. The normalized spacial score (nSPS) is 22.2. The molecule has 6 nitrogen and oxygen atoms in total. The van der Waals surface area contributed by atoms with Crippen molar-refractivity contribution in [2.24, 2.45) is 0 Å². The number of phenolic OH excluding ortho intramolecular Hbond substituents is 1. The lowest BCUT2D eigenvalue weighted by atomic mass is 10.1. The maximum atomic E-state index is 11.8. The maximum absolute atomic E-state index is 11.8. The Balaban J connectivity index is 1.96. The van der Waals surface area contributed by atoms with E-state index in [2.05, 4.69) is 5.32 Å². The lowest BCUT2D eigenvalue weighted by Crippen LogP contribution is -2.43. The Labute approximate surface area is 110 Å². The van der Waals surface area contributed by atoms with Crippen LogP contribution in [-0.2, 0) is 16.0 Å². The molecule has 0 saturated carbocycles. The molecule has 1 aliphatic heterocycles. The minimum absolute atomic E-state index is 0.0737. The zero-order valence-corrected chi connectivity index (χ0v) is 10.2. The molecule has 0 aliphatic carbocycles. The smallest absolute Gasteiger partial charge is 0.224 e. The van der Waals surface area contributed by atoms with Gasteiger partial charge in [0.25, 0.3) is 0 Å². The van der Waals surface area contributed by atoms with Gasteiger partial charge in [0, 0.05) is 0 Å². The quantitative estimate of drug-likeness (QED) is 0.645. The topological polar surface area (TPSA) is 95.9 Å². The number of rotatable bonds is 4. The largest absolute Gasteiger partial charge is 0.507 e. The number of aromatic hydroxyl groups is 1. The summed E-state index contributed by atoms with van der Waals surface area (Å²) in [6.45, 7) is 0.515. The molecule has 19 heavy (non-hydrogen) atoms. The molecule has 1 amide bonds. The molecular weight excluding hydrogens is 250 g/mol.